The van der Waals surface area contributed by atoms with Crippen molar-refractivity contribution in [3.05, 3.63) is 34.9 Å². The van der Waals surface area contributed by atoms with Crippen molar-refractivity contribution < 1.29 is 13.6 Å². The maximum Gasteiger partial charge on any atom is 0.399 e. The smallest absolute Gasteiger partial charge is 0.395 e. The van der Waals surface area contributed by atoms with Gasteiger partial charge in [-0.05, 0) is 25.0 Å². The number of carbonyl (C=O) groups excluding carboxylic acids is 1. The Morgan fingerprint density at radius 1 is 1.20 bits per heavy atom. The van der Waals surface area contributed by atoms with Gasteiger partial charge in [-0.25, -0.2) is 0 Å². The Bertz CT molecular complexity index is 359. The molecule has 0 aliphatic carbocycles. The highest BCUT2D eigenvalue weighted by Crippen LogP contribution is 2.14. The molecule has 0 bridgehead atoms. The van der Waals surface area contributed by atoms with Gasteiger partial charge in [-0.1, -0.05) is 18.2 Å². The van der Waals surface area contributed by atoms with Gasteiger partial charge in [0.1, 0.15) is 0 Å². The lowest BCUT2D eigenvalue weighted by atomic mass is 10.0. The van der Waals surface area contributed by atoms with Crippen LogP contribution in [-0.2, 0) is 8.85 Å². The molecule has 0 fully saturated rings. The molecule has 0 saturated heterocycles. The van der Waals surface area contributed by atoms with Crippen molar-refractivity contribution in [3.8, 4) is 0 Å². The van der Waals surface area contributed by atoms with Crippen molar-refractivity contribution in [2.45, 2.75) is 13.8 Å². The van der Waals surface area contributed by atoms with Gasteiger partial charge in [-0.2, -0.15) is 0 Å². The van der Waals surface area contributed by atoms with Crippen LogP contribution in [0.5, 0.6) is 0 Å². The molecule has 0 amide bonds. The normalized spacial score (nSPS) is 10.7. The van der Waals surface area contributed by atoms with Gasteiger partial charge in [0.05, 0.1) is 0 Å². The summed E-state index contributed by atoms with van der Waals surface area (Å²) in [7, 11) is 0.834. The van der Waals surface area contributed by atoms with Crippen molar-refractivity contribution in [2.75, 3.05) is 14.2 Å². The van der Waals surface area contributed by atoms with Crippen LogP contribution in [0.4, 0.5) is 0 Å². The fourth-order valence-corrected chi connectivity index (χ4v) is 2.64. The summed E-state index contributed by atoms with van der Waals surface area (Å²) in [6.07, 6.45) is 0. The first kappa shape index (κ1) is 12.1. The van der Waals surface area contributed by atoms with Crippen LogP contribution < -0.4 is 0 Å². The van der Waals surface area contributed by atoms with E-state index in [4.69, 9.17) is 8.85 Å². The molecular formula is C11H16O3Si. The second-order valence-corrected chi connectivity index (χ2v) is 5.55. The molecule has 0 N–H and O–H groups in total. The maximum absolute atomic E-state index is 12.0. The molecule has 0 saturated carbocycles. The second kappa shape index (κ2) is 5.20. The largest absolute Gasteiger partial charge is 0.399 e. The molecule has 0 heterocycles. The Hall–Kier alpha value is -0.973. The first-order valence-electron chi connectivity index (χ1n) is 4.77. The number of hydrogen-bond donors (Lipinski definition) is 0. The van der Waals surface area contributed by atoms with E-state index >= 15 is 0 Å². The molecule has 1 aromatic carbocycles. The molecule has 0 radical (unpaired) electrons. The molecule has 0 atom stereocenters. The summed E-state index contributed by atoms with van der Waals surface area (Å²) in [6.45, 7) is 3.93. The fraction of sp³-hybridized carbons (Fsp3) is 0.364. The molecule has 0 unspecified atom stereocenters. The standard InChI is InChI=1S/C11H16O3Si/c1-8-6-5-7-10(9(8)2)11(12)15(13-3)14-4/h5-7,15H,1-4H3. The van der Waals surface area contributed by atoms with E-state index < -0.39 is 9.28 Å². The zero-order chi connectivity index (χ0) is 11.4. The van der Waals surface area contributed by atoms with Gasteiger partial charge >= 0.3 is 9.28 Å². The van der Waals surface area contributed by atoms with E-state index in [1.54, 1.807) is 0 Å². The van der Waals surface area contributed by atoms with Crippen LogP contribution in [0.25, 0.3) is 0 Å². The number of aryl methyl sites for hydroxylation is 1. The molecule has 82 valence electrons. The predicted octanol–water partition coefficient (Wildman–Crippen LogP) is 1.54. The highest BCUT2D eigenvalue weighted by atomic mass is 28.3. The monoisotopic (exact) mass is 224 g/mol. The van der Waals surface area contributed by atoms with Crippen LogP contribution in [0.2, 0.25) is 0 Å². The lowest BCUT2D eigenvalue weighted by molar-refractivity contribution is 0.101. The highest BCUT2D eigenvalue weighted by Gasteiger charge is 2.24. The predicted molar refractivity (Wildman–Crippen MR) is 61.4 cm³/mol. The number of rotatable bonds is 4. The molecule has 1 aromatic rings. The zero-order valence-electron chi connectivity index (χ0n) is 9.53. The molecule has 0 spiro atoms. The van der Waals surface area contributed by atoms with Gasteiger partial charge in [0.15, 0.2) is 5.41 Å². The van der Waals surface area contributed by atoms with Gasteiger partial charge in [0.2, 0.25) is 0 Å². The first-order valence-corrected chi connectivity index (χ1v) is 6.29. The average Bonchev–Trinajstić information content (AvgIpc) is 2.23. The topological polar surface area (TPSA) is 35.5 Å². The third-order valence-electron chi connectivity index (χ3n) is 2.51. The second-order valence-electron chi connectivity index (χ2n) is 3.42. The van der Waals surface area contributed by atoms with Crippen LogP contribution in [-0.4, -0.2) is 28.9 Å². The van der Waals surface area contributed by atoms with E-state index in [0.29, 0.717) is 0 Å². The Morgan fingerprint density at radius 2 is 1.80 bits per heavy atom. The third-order valence-corrected chi connectivity index (χ3v) is 4.11. The zero-order valence-corrected chi connectivity index (χ0v) is 10.7. The fourth-order valence-electron chi connectivity index (χ4n) is 1.46. The van der Waals surface area contributed by atoms with E-state index in [1.807, 2.05) is 32.0 Å². The molecule has 3 nitrogen and oxygen atoms in total. The van der Waals surface area contributed by atoms with E-state index in [-0.39, 0.29) is 5.41 Å². The van der Waals surface area contributed by atoms with Crippen molar-refractivity contribution in [3.63, 3.8) is 0 Å². The number of benzene rings is 1. The summed E-state index contributed by atoms with van der Waals surface area (Å²) in [6, 6.07) is 5.69. The molecule has 15 heavy (non-hydrogen) atoms. The van der Waals surface area contributed by atoms with Crippen molar-refractivity contribution >= 4 is 14.7 Å². The minimum atomic E-state index is -2.20. The van der Waals surface area contributed by atoms with E-state index in [9.17, 15) is 4.79 Å². The Morgan fingerprint density at radius 3 is 2.33 bits per heavy atom. The van der Waals surface area contributed by atoms with E-state index in [2.05, 4.69) is 0 Å². The van der Waals surface area contributed by atoms with Crippen LogP contribution >= 0.6 is 0 Å². The Labute approximate surface area is 91.9 Å². The molecular weight excluding hydrogens is 208 g/mol. The van der Waals surface area contributed by atoms with Gasteiger partial charge in [-0.15, -0.1) is 0 Å². The van der Waals surface area contributed by atoms with Crippen molar-refractivity contribution in [1.29, 1.82) is 0 Å². The Balaban J connectivity index is 3.05. The van der Waals surface area contributed by atoms with Crippen LogP contribution in [0.15, 0.2) is 18.2 Å². The Kier molecular flexibility index (Phi) is 4.20. The van der Waals surface area contributed by atoms with Crippen LogP contribution in [0, 0.1) is 13.8 Å². The average molecular weight is 224 g/mol. The van der Waals surface area contributed by atoms with Crippen molar-refractivity contribution in [1.82, 2.24) is 0 Å². The van der Waals surface area contributed by atoms with Crippen LogP contribution in [0.3, 0.4) is 0 Å². The molecule has 0 aliphatic heterocycles. The van der Waals surface area contributed by atoms with E-state index in [1.165, 1.54) is 14.2 Å². The number of hydrogen-bond acceptors (Lipinski definition) is 3. The van der Waals surface area contributed by atoms with Gasteiger partial charge < -0.3 is 8.85 Å². The lowest BCUT2D eigenvalue weighted by Crippen LogP contribution is -2.31. The maximum atomic E-state index is 12.0. The van der Waals surface area contributed by atoms with Gasteiger partial charge in [0.25, 0.3) is 0 Å². The minimum absolute atomic E-state index is 0.00111. The highest BCUT2D eigenvalue weighted by molar-refractivity contribution is 6.83. The summed E-state index contributed by atoms with van der Waals surface area (Å²) < 4.78 is 10.2. The van der Waals surface area contributed by atoms with Gasteiger partial charge in [0, 0.05) is 19.8 Å². The third kappa shape index (κ3) is 2.53. The summed E-state index contributed by atoms with van der Waals surface area (Å²) in [5.41, 5.74) is 2.84. The summed E-state index contributed by atoms with van der Waals surface area (Å²) in [4.78, 5) is 12.0. The SMILES string of the molecule is CO[SiH](OC)C(=O)c1cccc(C)c1C. The first-order chi connectivity index (χ1) is 7.11. The molecule has 1 rings (SSSR count). The molecule has 4 heteroatoms. The molecule has 0 aromatic heterocycles. The summed E-state index contributed by atoms with van der Waals surface area (Å²) in [5, 5.41) is 0.00111. The number of carbonyl (C=O) groups is 1. The summed E-state index contributed by atoms with van der Waals surface area (Å²) in [5.74, 6) is 0. The van der Waals surface area contributed by atoms with E-state index in [0.717, 1.165) is 16.7 Å². The molecule has 0 aliphatic rings. The van der Waals surface area contributed by atoms with Crippen LogP contribution in [0.1, 0.15) is 21.5 Å². The quantitative estimate of drug-likeness (QED) is 0.728. The summed E-state index contributed by atoms with van der Waals surface area (Å²) >= 11 is 0. The van der Waals surface area contributed by atoms with Crippen molar-refractivity contribution in [2.24, 2.45) is 0 Å². The van der Waals surface area contributed by atoms with Gasteiger partial charge in [-0.3, -0.25) is 4.79 Å². The minimum Gasteiger partial charge on any atom is -0.395 e. The lowest BCUT2D eigenvalue weighted by Gasteiger charge is -2.12.